The van der Waals surface area contributed by atoms with E-state index in [1.54, 1.807) is 19.1 Å². The van der Waals surface area contributed by atoms with Gasteiger partial charge in [0.05, 0.1) is 23.6 Å². The van der Waals surface area contributed by atoms with E-state index in [0.29, 0.717) is 37.5 Å². The molecule has 2 heterocycles. The van der Waals surface area contributed by atoms with E-state index < -0.39 is 16.1 Å². The van der Waals surface area contributed by atoms with Crippen LogP contribution < -0.4 is 10.9 Å². The van der Waals surface area contributed by atoms with E-state index >= 15 is 0 Å². The zero-order valence-corrected chi connectivity index (χ0v) is 18.8. The van der Waals surface area contributed by atoms with Gasteiger partial charge in [0.15, 0.2) is 0 Å². The molecule has 0 saturated carbocycles. The number of pyridine rings is 1. The normalized spacial score (nSPS) is 16.1. The first-order valence-corrected chi connectivity index (χ1v) is 11.8. The van der Waals surface area contributed by atoms with Gasteiger partial charge in [0, 0.05) is 30.2 Å². The van der Waals surface area contributed by atoms with Crippen LogP contribution in [0.5, 0.6) is 0 Å². The number of morpholine rings is 1. The average Bonchev–Trinajstić information content (AvgIpc) is 2.80. The molecular formula is C23H25N3O5S. The fourth-order valence-corrected chi connectivity index (χ4v) is 5.29. The summed E-state index contributed by atoms with van der Waals surface area (Å²) in [5, 5.41) is 3.68. The van der Waals surface area contributed by atoms with Crippen LogP contribution in [-0.2, 0) is 19.6 Å². The molecule has 1 saturated heterocycles. The quantitative estimate of drug-likeness (QED) is 0.638. The molecule has 1 aliphatic heterocycles. The molecule has 3 aromatic rings. The lowest BCUT2D eigenvalue weighted by Gasteiger charge is -2.26. The second-order valence-corrected chi connectivity index (χ2v) is 9.70. The second kappa shape index (κ2) is 8.85. The molecule has 9 heteroatoms. The molecule has 1 fully saturated rings. The number of rotatable bonds is 5. The number of para-hydroxylation sites is 1. The smallest absolute Gasteiger partial charge is 0.252 e. The van der Waals surface area contributed by atoms with E-state index in [4.69, 9.17) is 4.74 Å². The second-order valence-electron chi connectivity index (χ2n) is 7.76. The summed E-state index contributed by atoms with van der Waals surface area (Å²) in [7, 11) is -3.61. The number of nitrogens with one attached hydrogen (secondary N) is 1. The fourth-order valence-electron chi connectivity index (χ4n) is 3.88. The van der Waals surface area contributed by atoms with Crippen LogP contribution in [0.15, 0.2) is 64.3 Å². The van der Waals surface area contributed by atoms with Crippen LogP contribution in [0.2, 0.25) is 0 Å². The number of amides is 1. The molecule has 1 aromatic heterocycles. The maximum atomic E-state index is 12.9. The number of hydrogen-bond donors (Lipinski definition) is 1. The number of anilines is 1. The van der Waals surface area contributed by atoms with E-state index in [-0.39, 0.29) is 16.4 Å². The first-order chi connectivity index (χ1) is 15.3. The van der Waals surface area contributed by atoms with Gasteiger partial charge < -0.3 is 10.1 Å². The molecular weight excluding hydrogens is 430 g/mol. The maximum absolute atomic E-state index is 12.9. The third-order valence-corrected chi connectivity index (χ3v) is 7.58. The number of ether oxygens (including phenoxy) is 1. The van der Waals surface area contributed by atoms with Crippen LogP contribution in [0.1, 0.15) is 18.5 Å². The monoisotopic (exact) mass is 455 g/mol. The summed E-state index contributed by atoms with van der Waals surface area (Å²) in [6.45, 7) is 4.91. The Morgan fingerprint density at radius 3 is 2.41 bits per heavy atom. The molecule has 1 atom stereocenters. The molecule has 4 rings (SSSR count). The standard InChI is InChI=1S/C23H25N3O5S/c1-16-15-22(27)26(21-6-4-3-5-20(16)21)17(2)23(28)24-18-7-9-19(10-8-18)32(29,30)25-11-13-31-14-12-25/h3-10,15,17H,11-14H2,1-2H3,(H,24,28). The van der Waals surface area contributed by atoms with Gasteiger partial charge in [0.2, 0.25) is 15.9 Å². The molecule has 0 bridgehead atoms. The third kappa shape index (κ3) is 4.19. The van der Waals surface area contributed by atoms with Crippen molar-refractivity contribution in [3.63, 3.8) is 0 Å². The molecule has 0 aliphatic carbocycles. The van der Waals surface area contributed by atoms with Crippen molar-refractivity contribution in [2.75, 3.05) is 31.6 Å². The number of benzene rings is 2. The van der Waals surface area contributed by atoms with Crippen molar-refractivity contribution < 1.29 is 17.9 Å². The Hall–Kier alpha value is -3.01. The summed E-state index contributed by atoms with van der Waals surface area (Å²) in [5.74, 6) is -0.370. The summed E-state index contributed by atoms with van der Waals surface area (Å²) in [6, 6.07) is 14.3. The van der Waals surface area contributed by atoms with Crippen molar-refractivity contribution >= 4 is 32.5 Å². The highest BCUT2D eigenvalue weighted by molar-refractivity contribution is 7.89. The number of carbonyl (C=O) groups excluding carboxylic acids is 1. The Balaban J connectivity index is 1.55. The Bertz CT molecular complexity index is 1310. The minimum absolute atomic E-state index is 0.159. The Morgan fingerprint density at radius 2 is 1.72 bits per heavy atom. The van der Waals surface area contributed by atoms with Crippen molar-refractivity contribution in [2.24, 2.45) is 0 Å². The van der Waals surface area contributed by atoms with Crippen LogP contribution in [0.3, 0.4) is 0 Å². The van der Waals surface area contributed by atoms with Crippen LogP contribution >= 0.6 is 0 Å². The number of nitrogens with zero attached hydrogens (tertiary/aromatic N) is 2. The first-order valence-electron chi connectivity index (χ1n) is 10.4. The summed E-state index contributed by atoms with van der Waals surface area (Å²) < 4.78 is 33.6. The van der Waals surface area contributed by atoms with E-state index in [1.807, 2.05) is 31.2 Å². The van der Waals surface area contributed by atoms with E-state index in [1.165, 1.54) is 27.1 Å². The fraction of sp³-hybridized carbons (Fsp3) is 0.304. The van der Waals surface area contributed by atoms with Gasteiger partial charge in [0.25, 0.3) is 5.56 Å². The number of aryl methyl sites for hydroxylation is 1. The lowest BCUT2D eigenvalue weighted by atomic mass is 10.1. The van der Waals surface area contributed by atoms with Crippen molar-refractivity contribution in [2.45, 2.75) is 24.8 Å². The van der Waals surface area contributed by atoms with E-state index in [9.17, 15) is 18.0 Å². The van der Waals surface area contributed by atoms with Gasteiger partial charge in [-0.3, -0.25) is 14.2 Å². The molecule has 0 spiro atoms. The van der Waals surface area contributed by atoms with Crippen molar-refractivity contribution in [3.05, 3.63) is 70.5 Å². The SMILES string of the molecule is Cc1cc(=O)n(C(C)C(=O)Nc2ccc(S(=O)(=O)N3CCOCC3)cc2)c2ccccc12. The van der Waals surface area contributed by atoms with Gasteiger partial charge in [-0.1, -0.05) is 18.2 Å². The molecule has 8 nitrogen and oxygen atoms in total. The molecule has 168 valence electrons. The van der Waals surface area contributed by atoms with E-state index in [0.717, 1.165) is 10.9 Å². The molecule has 32 heavy (non-hydrogen) atoms. The molecule has 2 aromatic carbocycles. The molecule has 1 amide bonds. The van der Waals surface area contributed by atoms with Crippen molar-refractivity contribution in [1.82, 2.24) is 8.87 Å². The minimum atomic E-state index is -3.61. The highest BCUT2D eigenvalue weighted by Gasteiger charge is 2.26. The zero-order chi connectivity index (χ0) is 22.9. The summed E-state index contributed by atoms with van der Waals surface area (Å²) in [6.07, 6.45) is 0. The minimum Gasteiger partial charge on any atom is -0.379 e. The average molecular weight is 456 g/mol. The van der Waals surface area contributed by atoms with Gasteiger partial charge in [-0.05, 0) is 49.7 Å². The third-order valence-electron chi connectivity index (χ3n) is 5.66. The largest absolute Gasteiger partial charge is 0.379 e. The van der Waals surface area contributed by atoms with Gasteiger partial charge in [-0.2, -0.15) is 4.31 Å². The van der Waals surface area contributed by atoms with Gasteiger partial charge in [0.1, 0.15) is 6.04 Å². The van der Waals surface area contributed by atoms with Crippen LogP contribution in [-0.4, -0.2) is 49.5 Å². The summed E-state index contributed by atoms with van der Waals surface area (Å²) >= 11 is 0. The topological polar surface area (TPSA) is 97.7 Å². The number of carbonyl (C=O) groups is 1. The predicted octanol–water partition coefficient (Wildman–Crippen LogP) is 2.53. The lowest BCUT2D eigenvalue weighted by Crippen LogP contribution is -2.40. The molecule has 1 unspecified atom stereocenters. The maximum Gasteiger partial charge on any atom is 0.252 e. The van der Waals surface area contributed by atoms with Crippen LogP contribution in [0, 0.1) is 6.92 Å². The number of hydrogen-bond acceptors (Lipinski definition) is 5. The highest BCUT2D eigenvalue weighted by atomic mass is 32.2. The van der Waals surface area contributed by atoms with Gasteiger partial charge in [-0.15, -0.1) is 0 Å². The molecule has 0 radical (unpaired) electrons. The predicted molar refractivity (Wildman–Crippen MR) is 122 cm³/mol. The Kier molecular flexibility index (Phi) is 6.14. The number of fused-ring (bicyclic) bond motifs is 1. The van der Waals surface area contributed by atoms with Gasteiger partial charge in [-0.25, -0.2) is 8.42 Å². The van der Waals surface area contributed by atoms with E-state index in [2.05, 4.69) is 5.32 Å². The van der Waals surface area contributed by atoms with Crippen LogP contribution in [0.4, 0.5) is 5.69 Å². The molecule has 1 N–H and O–H groups in total. The van der Waals surface area contributed by atoms with Crippen molar-refractivity contribution in [3.8, 4) is 0 Å². The van der Waals surface area contributed by atoms with Crippen LogP contribution in [0.25, 0.3) is 10.9 Å². The number of sulfonamides is 1. The lowest BCUT2D eigenvalue weighted by molar-refractivity contribution is -0.118. The highest BCUT2D eigenvalue weighted by Crippen LogP contribution is 2.22. The number of aromatic nitrogens is 1. The zero-order valence-electron chi connectivity index (χ0n) is 17.9. The Labute approximate surface area is 186 Å². The van der Waals surface area contributed by atoms with Gasteiger partial charge >= 0.3 is 0 Å². The summed E-state index contributed by atoms with van der Waals surface area (Å²) in [4.78, 5) is 25.7. The Morgan fingerprint density at radius 1 is 1.06 bits per heavy atom. The van der Waals surface area contributed by atoms with Crippen molar-refractivity contribution in [1.29, 1.82) is 0 Å². The first kappa shape index (κ1) is 22.2. The summed E-state index contributed by atoms with van der Waals surface area (Å²) in [5.41, 5.74) is 1.74. The molecule has 1 aliphatic rings.